The Morgan fingerprint density at radius 1 is 0.879 bits per heavy atom. The summed E-state index contributed by atoms with van der Waals surface area (Å²) in [7, 11) is 0. The first-order valence-electron chi connectivity index (χ1n) is 10.2. The predicted octanol–water partition coefficient (Wildman–Crippen LogP) is 3.37. The number of nitrogens with two attached hydrogens (primary N) is 1. The van der Waals surface area contributed by atoms with Crippen molar-refractivity contribution in [2.75, 3.05) is 0 Å². The van der Waals surface area contributed by atoms with E-state index in [-0.39, 0.29) is 13.0 Å². The molecule has 0 saturated carbocycles. The maximum Gasteiger partial charge on any atom is 0.408 e. The fourth-order valence-electron chi connectivity index (χ4n) is 3.37. The molecule has 2 amide bonds. The van der Waals surface area contributed by atoms with Crippen molar-refractivity contribution in [1.29, 1.82) is 0 Å². The predicted molar refractivity (Wildman–Crippen MR) is 119 cm³/mol. The van der Waals surface area contributed by atoms with E-state index in [1.54, 1.807) is 48.5 Å². The van der Waals surface area contributed by atoms with Crippen molar-refractivity contribution in [3.63, 3.8) is 0 Å². The molecule has 3 aromatic rings. The van der Waals surface area contributed by atoms with Gasteiger partial charge in [0.1, 0.15) is 18.5 Å². The molecular weight excluding hydrogens is 427 g/mol. The second-order valence-electron chi connectivity index (χ2n) is 7.43. The highest BCUT2D eigenvalue weighted by atomic mass is 19.1. The van der Waals surface area contributed by atoms with Crippen LogP contribution in [0.3, 0.4) is 0 Å². The van der Waals surface area contributed by atoms with Gasteiger partial charge in [0.25, 0.3) is 0 Å². The summed E-state index contributed by atoms with van der Waals surface area (Å²) in [4.78, 5) is 35.6. The number of aliphatic carboxylic acids is 1. The maximum atomic E-state index is 13.2. The Morgan fingerprint density at radius 3 is 2.00 bits per heavy atom. The number of carboxylic acids is 1. The number of primary amides is 1. The Morgan fingerprint density at radius 2 is 1.45 bits per heavy atom. The lowest BCUT2D eigenvalue weighted by Crippen LogP contribution is -2.42. The van der Waals surface area contributed by atoms with Crippen molar-refractivity contribution >= 4 is 18.0 Å². The molecule has 0 bridgehead atoms. The van der Waals surface area contributed by atoms with Crippen molar-refractivity contribution in [3.8, 4) is 0 Å². The molecule has 3 rings (SSSR count). The van der Waals surface area contributed by atoms with Crippen LogP contribution in [0.1, 0.15) is 28.2 Å². The quantitative estimate of drug-likeness (QED) is 0.462. The Bertz CT molecular complexity index is 1100. The first kappa shape index (κ1) is 23.5. The third-order valence-electron chi connectivity index (χ3n) is 5.04. The van der Waals surface area contributed by atoms with Gasteiger partial charge in [-0.05, 0) is 34.4 Å². The van der Waals surface area contributed by atoms with E-state index in [9.17, 15) is 23.9 Å². The van der Waals surface area contributed by atoms with Crippen molar-refractivity contribution < 1.29 is 28.6 Å². The number of rotatable bonds is 9. The van der Waals surface area contributed by atoms with Gasteiger partial charge in [-0.1, -0.05) is 66.7 Å². The molecule has 33 heavy (non-hydrogen) atoms. The largest absolute Gasteiger partial charge is 0.480 e. The van der Waals surface area contributed by atoms with Gasteiger partial charge < -0.3 is 20.9 Å². The van der Waals surface area contributed by atoms with E-state index in [0.29, 0.717) is 16.7 Å². The first-order valence-corrected chi connectivity index (χ1v) is 10.2. The summed E-state index contributed by atoms with van der Waals surface area (Å²) in [6.45, 7) is -0.0957. The van der Waals surface area contributed by atoms with Gasteiger partial charge in [0.2, 0.25) is 5.91 Å². The molecule has 2 atom stereocenters. The smallest absolute Gasteiger partial charge is 0.408 e. The van der Waals surface area contributed by atoms with E-state index in [4.69, 9.17) is 10.5 Å². The molecule has 0 aliphatic rings. The Labute approximate surface area is 190 Å². The highest BCUT2D eigenvalue weighted by molar-refractivity contribution is 5.85. The molecule has 8 heteroatoms. The van der Waals surface area contributed by atoms with Gasteiger partial charge in [-0.15, -0.1) is 0 Å². The molecule has 4 N–H and O–H groups in total. The molecule has 170 valence electrons. The average Bonchev–Trinajstić information content (AvgIpc) is 2.80. The fourth-order valence-corrected chi connectivity index (χ4v) is 3.37. The lowest BCUT2D eigenvalue weighted by atomic mass is 9.90. The van der Waals surface area contributed by atoms with Gasteiger partial charge in [0, 0.05) is 6.42 Å². The summed E-state index contributed by atoms with van der Waals surface area (Å²) in [5, 5.41) is 11.7. The Balaban J connectivity index is 1.60. The third-order valence-corrected chi connectivity index (χ3v) is 5.04. The standard InChI is InChI=1S/C25H23FN2O5/c26-20-12-10-19(11-13-20)22(23(27)29)18-8-6-17(7-9-18)15-33-25(32)28-21(24(30)31)14-16-4-2-1-3-5-16/h1-13,21-22H,14-15H2,(H2,27,29)(H,28,32)(H,30,31)/t21-,22?/m0/s1. The number of carbonyl (C=O) groups is 3. The van der Waals surface area contributed by atoms with Crippen LogP contribution in [-0.2, 0) is 27.4 Å². The van der Waals surface area contributed by atoms with Gasteiger partial charge in [0.15, 0.2) is 0 Å². The summed E-state index contributed by atoms with van der Waals surface area (Å²) in [5.74, 6) is -2.92. The zero-order valence-electron chi connectivity index (χ0n) is 17.6. The van der Waals surface area contributed by atoms with E-state index in [0.717, 1.165) is 5.56 Å². The lowest BCUT2D eigenvalue weighted by Gasteiger charge is -2.16. The number of amides is 2. The van der Waals surface area contributed by atoms with Crippen LogP contribution in [0, 0.1) is 5.82 Å². The number of halogens is 1. The van der Waals surface area contributed by atoms with E-state index >= 15 is 0 Å². The number of nitrogens with one attached hydrogen (secondary N) is 1. The molecule has 7 nitrogen and oxygen atoms in total. The van der Waals surface area contributed by atoms with Gasteiger partial charge in [-0.2, -0.15) is 0 Å². The molecule has 0 aliphatic carbocycles. The normalized spacial score (nSPS) is 12.4. The van der Waals surface area contributed by atoms with Crippen molar-refractivity contribution in [2.45, 2.75) is 25.0 Å². The third kappa shape index (κ3) is 6.64. The van der Waals surface area contributed by atoms with Gasteiger partial charge in [-0.3, -0.25) is 4.79 Å². The van der Waals surface area contributed by atoms with Gasteiger partial charge in [0.05, 0.1) is 5.92 Å². The molecule has 0 radical (unpaired) electrons. The summed E-state index contributed by atoms with van der Waals surface area (Å²) < 4.78 is 18.3. The van der Waals surface area contributed by atoms with Gasteiger partial charge >= 0.3 is 12.1 Å². The van der Waals surface area contributed by atoms with E-state index in [2.05, 4.69) is 5.32 Å². The van der Waals surface area contributed by atoms with Crippen LogP contribution < -0.4 is 11.1 Å². The highest BCUT2D eigenvalue weighted by Crippen LogP contribution is 2.25. The molecule has 0 spiro atoms. The topological polar surface area (TPSA) is 119 Å². The van der Waals surface area contributed by atoms with Crippen LogP contribution in [0.25, 0.3) is 0 Å². The summed E-state index contributed by atoms with van der Waals surface area (Å²) >= 11 is 0. The van der Waals surface area contributed by atoms with E-state index in [1.165, 1.54) is 24.3 Å². The highest BCUT2D eigenvalue weighted by Gasteiger charge is 2.22. The number of carboxylic acid groups (broad SMARTS) is 1. The maximum absolute atomic E-state index is 13.2. The minimum atomic E-state index is -1.17. The zero-order valence-corrected chi connectivity index (χ0v) is 17.6. The van der Waals surface area contributed by atoms with Crippen molar-refractivity contribution in [1.82, 2.24) is 5.32 Å². The molecule has 0 aliphatic heterocycles. The van der Waals surface area contributed by atoms with Gasteiger partial charge in [-0.25, -0.2) is 14.0 Å². The van der Waals surface area contributed by atoms with Crippen LogP contribution in [0.2, 0.25) is 0 Å². The number of benzene rings is 3. The first-order chi connectivity index (χ1) is 15.8. The summed E-state index contributed by atoms with van der Waals surface area (Å²) in [6, 6.07) is 20.0. The molecule has 0 saturated heterocycles. The molecule has 0 fully saturated rings. The van der Waals surface area contributed by atoms with Crippen LogP contribution in [-0.4, -0.2) is 29.1 Å². The minimum absolute atomic E-state index is 0.0957. The second kappa shape index (κ2) is 10.9. The minimum Gasteiger partial charge on any atom is -0.480 e. The van der Waals surface area contributed by atoms with E-state index < -0.39 is 35.7 Å². The number of carbonyl (C=O) groups excluding carboxylic acids is 2. The zero-order chi connectivity index (χ0) is 23.8. The number of ether oxygens (including phenoxy) is 1. The second-order valence-corrected chi connectivity index (χ2v) is 7.43. The van der Waals surface area contributed by atoms with Crippen LogP contribution in [0.5, 0.6) is 0 Å². The SMILES string of the molecule is NC(=O)C(c1ccc(F)cc1)c1ccc(COC(=O)N[C@@H](Cc2ccccc2)C(=O)O)cc1. The molecule has 0 aromatic heterocycles. The molecular formula is C25H23FN2O5. The molecule has 0 heterocycles. The summed E-state index contributed by atoms with van der Waals surface area (Å²) in [5.41, 5.74) is 8.11. The Hall–Kier alpha value is -4.20. The Kier molecular flexibility index (Phi) is 7.75. The number of hydrogen-bond acceptors (Lipinski definition) is 4. The number of hydrogen-bond donors (Lipinski definition) is 3. The molecule has 1 unspecified atom stereocenters. The van der Waals surface area contributed by atoms with Crippen molar-refractivity contribution in [2.24, 2.45) is 5.73 Å². The van der Waals surface area contributed by atoms with E-state index in [1.807, 2.05) is 6.07 Å². The molecule has 3 aromatic carbocycles. The monoisotopic (exact) mass is 450 g/mol. The lowest BCUT2D eigenvalue weighted by molar-refractivity contribution is -0.139. The number of alkyl carbamates (subject to hydrolysis) is 1. The van der Waals surface area contributed by atoms with Crippen LogP contribution in [0.4, 0.5) is 9.18 Å². The van der Waals surface area contributed by atoms with Crippen LogP contribution in [0.15, 0.2) is 78.9 Å². The fraction of sp³-hybridized carbons (Fsp3) is 0.160. The van der Waals surface area contributed by atoms with Crippen LogP contribution >= 0.6 is 0 Å². The average molecular weight is 450 g/mol. The summed E-state index contributed by atoms with van der Waals surface area (Å²) in [6.07, 6.45) is -0.735. The van der Waals surface area contributed by atoms with Crippen molar-refractivity contribution in [3.05, 3.63) is 107 Å².